The van der Waals surface area contributed by atoms with Crippen molar-refractivity contribution in [2.45, 2.75) is 13.1 Å². The van der Waals surface area contributed by atoms with Crippen LogP contribution in [0.1, 0.15) is 5.82 Å². The minimum absolute atomic E-state index is 0.785. The molecule has 0 amide bonds. The predicted octanol–water partition coefficient (Wildman–Crippen LogP) is 1.30. The van der Waals surface area contributed by atoms with E-state index in [0.29, 0.717) is 0 Å². The van der Waals surface area contributed by atoms with E-state index in [0.717, 1.165) is 35.0 Å². The van der Waals surface area contributed by atoms with Crippen LogP contribution in [0.3, 0.4) is 0 Å². The van der Waals surface area contributed by atoms with Gasteiger partial charge in [-0.3, -0.25) is 0 Å². The van der Waals surface area contributed by atoms with E-state index in [-0.39, 0.29) is 0 Å². The molecule has 0 saturated carbocycles. The fourth-order valence-corrected chi connectivity index (χ4v) is 2.09. The van der Waals surface area contributed by atoms with Gasteiger partial charge in [0.25, 0.3) is 0 Å². The number of hydrogen-bond donors (Lipinski definition) is 0. The van der Waals surface area contributed by atoms with Crippen molar-refractivity contribution < 1.29 is 0 Å². The Morgan fingerprint density at radius 1 is 1.12 bits per heavy atom. The van der Waals surface area contributed by atoms with Gasteiger partial charge in [-0.15, -0.1) is 0 Å². The topological polar surface area (TPSA) is 46.8 Å². The van der Waals surface area contributed by atoms with Gasteiger partial charge < -0.3 is 9.47 Å². The highest BCUT2D eigenvalue weighted by Crippen LogP contribution is 2.16. The van der Waals surface area contributed by atoms with Crippen LogP contribution in [0.4, 0.5) is 5.95 Å². The molecule has 5 nitrogen and oxygen atoms in total. The summed E-state index contributed by atoms with van der Waals surface area (Å²) in [7, 11) is 0. The fraction of sp³-hybridized carbons (Fsp3) is 0.300. The van der Waals surface area contributed by atoms with Crippen molar-refractivity contribution in [3.8, 4) is 0 Å². The summed E-state index contributed by atoms with van der Waals surface area (Å²) < 4.78 is 3.23. The van der Waals surface area contributed by atoms with Gasteiger partial charge >= 0.3 is 0 Å². The van der Waals surface area contributed by atoms with Crippen molar-refractivity contribution in [3.63, 3.8) is 0 Å². The molecule has 0 spiro atoms. The van der Waals surface area contributed by atoms with Gasteiger partial charge in [0.15, 0.2) is 0 Å². The molecule has 0 radical (unpaired) electrons. The lowest BCUT2D eigenvalue weighted by molar-refractivity contribution is 0.551. The normalized spacial score (nSPS) is 14.9. The number of aromatic nitrogens is 4. The summed E-state index contributed by atoms with van der Waals surface area (Å²) in [4.78, 5) is 15.1. The second-order valence-electron chi connectivity index (χ2n) is 3.66. The monoisotopic (exact) mass is 327 g/mol. The van der Waals surface area contributed by atoms with E-state index in [9.17, 15) is 0 Å². The molecule has 3 rings (SSSR count). The van der Waals surface area contributed by atoms with E-state index in [2.05, 4.69) is 47.0 Å². The van der Waals surface area contributed by atoms with Crippen LogP contribution in [-0.4, -0.2) is 26.1 Å². The summed E-state index contributed by atoms with van der Waals surface area (Å²) in [5.74, 6) is 1.86. The predicted molar refractivity (Wildman–Crippen MR) is 68.0 cm³/mol. The quantitative estimate of drug-likeness (QED) is 0.741. The minimum atomic E-state index is 0.785. The molecule has 6 heteroatoms. The maximum absolute atomic E-state index is 4.33. The Labute approximate surface area is 107 Å². The van der Waals surface area contributed by atoms with Gasteiger partial charge in [-0.05, 0) is 22.6 Å². The molecule has 1 aliphatic heterocycles. The molecule has 2 aromatic heterocycles. The Morgan fingerprint density at radius 3 is 2.75 bits per heavy atom. The molecular weight excluding hydrogens is 317 g/mol. The average Bonchev–Trinajstić information content (AvgIpc) is 2.77. The van der Waals surface area contributed by atoms with E-state index in [4.69, 9.17) is 0 Å². The number of nitrogens with zero attached hydrogens (tertiary/aromatic N) is 5. The molecule has 1 aliphatic rings. The summed E-state index contributed by atoms with van der Waals surface area (Å²) in [6.45, 7) is 2.67. The van der Waals surface area contributed by atoms with E-state index >= 15 is 0 Å². The standard InChI is InChI=1S/C10H10IN5/c11-8-5-13-10(14-6-8)16-4-3-15-2-1-12-9(15)7-16/h1-2,5-6H,3-4,7H2. The third-order valence-corrected chi connectivity index (χ3v) is 3.19. The molecule has 0 atom stereocenters. The van der Waals surface area contributed by atoms with Crippen LogP contribution in [-0.2, 0) is 13.1 Å². The molecule has 2 aromatic rings. The first-order valence-corrected chi connectivity index (χ1v) is 6.13. The van der Waals surface area contributed by atoms with Crippen LogP contribution < -0.4 is 4.90 Å². The van der Waals surface area contributed by atoms with Crippen molar-refractivity contribution in [2.24, 2.45) is 0 Å². The van der Waals surface area contributed by atoms with Crippen molar-refractivity contribution in [1.29, 1.82) is 0 Å². The lowest BCUT2D eigenvalue weighted by Crippen LogP contribution is -2.34. The van der Waals surface area contributed by atoms with Gasteiger partial charge in [0.05, 0.1) is 6.54 Å². The van der Waals surface area contributed by atoms with E-state index in [1.807, 2.05) is 24.8 Å². The molecule has 0 unspecified atom stereocenters. The Morgan fingerprint density at radius 2 is 1.94 bits per heavy atom. The molecule has 0 aliphatic carbocycles. The molecule has 16 heavy (non-hydrogen) atoms. The van der Waals surface area contributed by atoms with Gasteiger partial charge in [0.1, 0.15) is 5.82 Å². The van der Waals surface area contributed by atoms with Crippen molar-refractivity contribution in [3.05, 3.63) is 34.2 Å². The number of fused-ring (bicyclic) bond motifs is 1. The molecule has 0 saturated heterocycles. The van der Waals surface area contributed by atoms with Crippen molar-refractivity contribution in [1.82, 2.24) is 19.5 Å². The number of anilines is 1. The lowest BCUT2D eigenvalue weighted by atomic mass is 10.4. The van der Waals surface area contributed by atoms with Gasteiger partial charge in [0.2, 0.25) is 5.95 Å². The summed E-state index contributed by atoms with van der Waals surface area (Å²) in [6, 6.07) is 0. The Hall–Kier alpha value is -1.18. The number of rotatable bonds is 1. The third-order valence-electron chi connectivity index (χ3n) is 2.63. The zero-order valence-corrected chi connectivity index (χ0v) is 10.7. The highest BCUT2D eigenvalue weighted by molar-refractivity contribution is 14.1. The third kappa shape index (κ3) is 1.77. The molecule has 0 aromatic carbocycles. The maximum atomic E-state index is 4.33. The van der Waals surface area contributed by atoms with E-state index < -0.39 is 0 Å². The first-order valence-electron chi connectivity index (χ1n) is 5.05. The first kappa shape index (κ1) is 10.0. The molecular formula is C10H10IN5. The highest BCUT2D eigenvalue weighted by atomic mass is 127. The van der Waals surface area contributed by atoms with Crippen LogP contribution in [0.2, 0.25) is 0 Å². The van der Waals surface area contributed by atoms with E-state index in [1.54, 1.807) is 0 Å². The van der Waals surface area contributed by atoms with Gasteiger partial charge in [0, 0.05) is 41.4 Å². The average molecular weight is 327 g/mol. The second kappa shape index (κ2) is 4.00. The molecule has 0 bridgehead atoms. The summed E-state index contributed by atoms with van der Waals surface area (Å²) in [5, 5.41) is 0. The number of halogens is 1. The molecule has 0 fully saturated rings. The lowest BCUT2D eigenvalue weighted by Gasteiger charge is -2.27. The highest BCUT2D eigenvalue weighted by Gasteiger charge is 2.18. The Bertz CT molecular complexity index is 492. The number of imidazole rings is 1. The maximum Gasteiger partial charge on any atom is 0.225 e. The minimum Gasteiger partial charge on any atom is -0.332 e. The zero-order valence-electron chi connectivity index (χ0n) is 8.54. The zero-order chi connectivity index (χ0) is 11.0. The summed E-state index contributed by atoms with van der Waals surface area (Å²) in [6.07, 6.45) is 7.53. The number of hydrogen-bond acceptors (Lipinski definition) is 4. The van der Waals surface area contributed by atoms with Crippen LogP contribution in [0.25, 0.3) is 0 Å². The van der Waals surface area contributed by atoms with Crippen LogP contribution in [0.15, 0.2) is 24.8 Å². The molecule has 0 N–H and O–H groups in total. The largest absolute Gasteiger partial charge is 0.332 e. The fourth-order valence-electron chi connectivity index (χ4n) is 1.81. The van der Waals surface area contributed by atoms with Crippen LogP contribution in [0.5, 0.6) is 0 Å². The smallest absolute Gasteiger partial charge is 0.225 e. The molecule has 82 valence electrons. The van der Waals surface area contributed by atoms with Crippen molar-refractivity contribution >= 4 is 28.5 Å². The van der Waals surface area contributed by atoms with Crippen molar-refractivity contribution in [2.75, 3.05) is 11.4 Å². The second-order valence-corrected chi connectivity index (χ2v) is 4.91. The van der Waals surface area contributed by atoms with Crippen LogP contribution >= 0.6 is 22.6 Å². The molecule has 3 heterocycles. The Kier molecular flexibility index (Phi) is 2.50. The van der Waals surface area contributed by atoms with Gasteiger partial charge in [-0.1, -0.05) is 0 Å². The summed E-state index contributed by atoms with van der Waals surface area (Å²) >= 11 is 2.21. The van der Waals surface area contributed by atoms with E-state index in [1.165, 1.54) is 0 Å². The van der Waals surface area contributed by atoms with Gasteiger partial charge in [-0.25, -0.2) is 15.0 Å². The Balaban J connectivity index is 1.86. The van der Waals surface area contributed by atoms with Crippen LogP contribution in [0, 0.1) is 3.57 Å². The summed E-state index contributed by atoms with van der Waals surface area (Å²) in [5.41, 5.74) is 0. The first-order chi connectivity index (χ1) is 7.83. The SMILES string of the molecule is Ic1cnc(N2CCn3ccnc3C2)nc1. The van der Waals surface area contributed by atoms with Gasteiger partial charge in [-0.2, -0.15) is 0 Å².